The minimum Gasteiger partial charge on any atom is -0.379 e. The minimum absolute atomic E-state index is 0.1000. The molecule has 3 rings (SSSR count). The van der Waals surface area contributed by atoms with E-state index >= 15 is 0 Å². The van der Waals surface area contributed by atoms with E-state index in [0.29, 0.717) is 29.4 Å². The van der Waals surface area contributed by atoms with E-state index in [1.54, 1.807) is 30.3 Å². The molecule has 3 aromatic carbocycles. The molecule has 0 aliphatic heterocycles. The zero-order chi connectivity index (χ0) is 27.2. The van der Waals surface area contributed by atoms with Crippen LogP contribution in [0.4, 0.5) is 23.7 Å². The summed E-state index contributed by atoms with van der Waals surface area (Å²) in [6, 6.07) is 17.3. The van der Waals surface area contributed by atoms with Crippen molar-refractivity contribution >= 4 is 21.8 Å². The summed E-state index contributed by atoms with van der Waals surface area (Å²) in [6.45, 7) is 4.33. The second-order valence-electron chi connectivity index (χ2n) is 8.61. The highest BCUT2D eigenvalue weighted by Crippen LogP contribution is 2.31. The van der Waals surface area contributed by atoms with E-state index in [1.165, 1.54) is 23.1 Å². The van der Waals surface area contributed by atoms with Gasteiger partial charge in [-0.25, -0.2) is 4.79 Å². The van der Waals surface area contributed by atoms with Gasteiger partial charge in [0.15, 0.2) is 0 Å². The highest BCUT2D eigenvalue weighted by molar-refractivity contribution is 7.87. The molecular weight excluding hydrogens is 507 g/mol. The zero-order valence-electron chi connectivity index (χ0n) is 20.0. The fraction of sp³-hybridized carbons (Fsp3) is 0.231. The minimum atomic E-state index is -4.71. The zero-order valence-corrected chi connectivity index (χ0v) is 20.8. The summed E-state index contributed by atoms with van der Waals surface area (Å²) < 4.78 is 69.4. The van der Waals surface area contributed by atoms with Crippen molar-refractivity contribution in [2.45, 2.75) is 31.5 Å². The van der Waals surface area contributed by atoms with Gasteiger partial charge in [0.2, 0.25) is 0 Å². The van der Waals surface area contributed by atoms with Crippen molar-refractivity contribution < 1.29 is 30.6 Å². The Morgan fingerprint density at radius 1 is 1.05 bits per heavy atom. The number of nitriles is 1. The Morgan fingerprint density at radius 2 is 1.76 bits per heavy atom. The van der Waals surface area contributed by atoms with Crippen LogP contribution in [0.1, 0.15) is 30.5 Å². The Morgan fingerprint density at radius 3 is 2.43 bits per heavy atom. The Bertz CT molecular complexity index is 1420. The predicted octanol–water partition coefficient (Wildman–Crippen LogP) is 6.03. The van der Waals surface area contributed by atoms with Gasteiger partial charge >= 0.3 is 22.3 Å². The molecule has 0 fully saturated rings. The fourth-order valence-corrected chi connectivity index (χ4v) is 4.42. The first-order chi connectivity index (χ1) is 17.4. The molecule has 194 valence electrons. The van der Waals surface area contributed by atoms with Crippen LogP contribution >= 0.6 is 0 Å². The highest BCUT2D eigenvalue weighted by Gasteiger charge is 2.32. The first-order valence-electron chi connectivity index (χ1n) is 11.1. The Hall–Kier alpha value is -4.04. The summed E-state index contributed by atoms with van der Waals surface area (Å²) in [5.41, 5.74) is 0.266. The lowest BCUT2D eigenvalue weighted by atomic mass is 10.1. The van der Waals surface area contributed by atoms with Crippen LogP contribution in [0.5, 0.6) is 5.75 Å². The first-order valence-corrected chi connectivity index (χ1v) is 12.5. The van der Waals surface area contributed by atoms with Crippen LogP contribution in [0.15, 0.2) is 77.7 Å². The van der Waals surface area contributed by atoms with Crippen LogP contribution in [0.3, 0.4) is 0 Å². The number of carbonyl (C=O) groups excluding carboxylic acids is 1. The Balaban J connectivity index is 1.79. The van der Waals surface area contributed by atoms with E-state index < -0.39 is 32.8 Å². The number of carbonyl (C=O) groups is 1. The van der Waals surface area contributed by atoms with Gasteiger partial charge in [0, 0.05) is 18.8 Å². The van der Waals surface area contributed by atoms with Gasteiger partial charge in [-0.2, -0.15) is 26.9 Å². The molecule has 11 heteroatoms. The van der Waals surface area contributed by atoms with Gasteiger partial charge < -0.3 is 14.4 Å². The monoisotopic (exact) mass is 531 g/mol. The van der Waals surface area contributed by atoms with Crippen LogP contribution in [-0.2, 0) is 22.8 Å². The largest absolute Gasteiger partial charge is 0.416 e. The standard InChI is InChI=1S/C26H24F3N3O4S/c1-18(2)16-32(25(33)31-22-9-3-6-19(12-22)15-30)17-20-7-4-10-23(13-20)36-37(34,35)24-11-5-8-21(14-24)26(27,28)29/h3-14,18H,16-17H2,1-2H3,(H,31,33). The molecular formula is C26H24F3N3O4S. The third-order valence-corrected chi connectivity index (χ3v) is 6.29. The van der Waals surface area contributed by atoms with Gasteiger partial charge in [0.25, 0.3) is 0 Å². The lowest BCUT2D eigenvalue weighted by Gasteiger charge is -2.25. The Kier molecular flexibility index (Phi) is 8.45. The van der Waals surface area contributed by atoms with Crippen molar-refractivity contribution in [3.63, 3.8) is 0 Å². The number of hydrogen-bond donors (Lipinski definition) is 1. The topological polar surface area (TPSA) is 99.5 Å². The van der Waals surface area contributed by atoms with Crippen molar-refractivity contribution in [3.05, 3.63) is 89.5 Å². The van der Waals surface area contributed by atoms with Gasteiger partial charge in [-0.05, 0) is 60.0 Å². The molecule has 37 heavy (non-hydrogen) atoms. The molecule has 0 saturated heterocycles. The van der Waals surface area contributed by atoms with E-state index in [9.17, 15) is 26.4 Å². The molecule has 0 atom stereocenters. The summed E-state index contributed by atoms with van der Waals surface area (Å²) >= 11 is 0. The SMILES string of the molecule is CC(C)CN(Cc1cccc(OS(=O)(=O)c2cccc(C(F)(F)F)c2)c1)C(=O)Nc1cccc(C#N)c1. The molecule has 3 aromatic rings. The summed E-state index contributed by atoms with van der Waals surface area (Å²) in [5, 5.41) is 11.8. The normalized spacial score (nSPS) is 11.6. The summed E-state index contributed by atoms with van der Waals surface area (Å²) in [6.07, 6.45) is -4.71. The van der Waals surface area contributed by atoms with E-state index in [1.807, 2.05) is 19.9 Å². The second-order valence-corrected chi connectivity index (χ2v) is 10.2. The number of amides is 2. The van der Waals surface area contributed by atoms with Crippen LogP contribution < -0.4 is 9.50 Å². The average molecular weight is 532 g/mol. The van der Waals surface area contributed by atoms with Crippen LogP contribution in [0.25, 0.3) is 0 Å². The molecule has 0 aliphatic rings. The van der Waals surface area contributed by atoms with E-state index in [-0.39, 0.29) is 18.2 Å². The molecule has 0 saturated carbocycles. The van der Waals surface area contributed by atoms with Crippen LogP contribution in [0, 0.1) is 17.2 Å². The number of alkyl halides is 3. The molecule has 7 nitrogen and oxygen atoms in total. The van der Waals surface area contributed by atoms with Gasteiger partial charge in [-0.1, -0.05) is 38.1 Å². The second kappa shape index (κ2) is 11.3. The van der Waals surface area contributed by atoms with E-state index in [2.05, 4.69) is 5.32 Å². The quantitative estimate of drug-likeness (QED) is 0.358. The van der Waals surface area contributed by atoms with Gasteiger partial charge in [0.05, 0.1) is 17.2 Å². The number of nitrogens with zero attached hydrogens (tertiary/aromatic N) is 2. The summed E-state index contributed by atoms with van der Waals surface area (Å²) in [7, 11) is -4.54. The average Bonchev–Trinajstić information content (AvgIpc) is 2.83. The molecule has 0 heterocycles. The number of hydrogen-bond acceptors (Lipinski definition) is 5. The number of halogens is 3. The highest BCUT2D eigenvalue weighted by atomic mass is 32.2. The molecule has 0 aliphatic carbocycles. The summed E-state index contributed by atoms with van der Waals surface area (Å²) in [5.74, 6) is -0.00143. The smallest absolute Gasteiger partial charge is 0.379 e. The fourth-order valence-electron chi connectivity index (χ4n) is 3.45. The molecule has 1 N–H and O–H groups in total. The van der Waals surface area contributed by atoms with E-state index in [4.69, 9.17) is 9.44 Å². The lowest BCUT2D eigenvalue weighted by molar-refractivity contribution is -0.137. The number of benzene rings is 3. The number of anilines is 1. The van der Waals surface area contributed by atoms with Crippen molar-refractivity contribution in [1.29, 1.82) is 5.26 Å². The third-order valence-electron chi connectivity index (χ3n) is 5.04. The molecule has 0 spiro atoms. The van der Waals surface area contributed by atoms with Crippen LogP contribution in [-0.4, -0.2) is 25.9 Å². The maximum Gasteiger partial charge on any atom is 0.416 e. The molecule has 0 radical (unpaired) electrons. The lowest BCUT2D eigenvalue weighted by Crippen LogP contribution is -2.37. The maximum absolute atomic E-state index is 13.0. The van der Waals surface area contributed by atoms with Gasteiger partial charge in [-0.15, -0.1) is 0 Å². The van der Waals surface area contributed by atoms with Gasteiger partial charge in [0.1, 0.15) is 10.6 Å². The van der Waals surface area contributed by atoms with E-state index in [0.717, 1.165) is 18.2 Å². The number of nitrogens with one attached hydrogen (secondary N) is 1. The number of rotatable bonds is 8. The first kappa shape index (κ1) is 27.5. The van der Waals surface area contributed by atoms with Crippen molar-refractivity contribution in [2.75, 3.05) is 11.9 Å². The predicted molar refractivity (Wildman–Crippen MR) is 131 cm³/mol. The Labute approximate surface area is 213 Å². The van der Waals surface area contributed by atoms with Crippen LogP contribution in [0.2, 0.25) is 0 Å². The van der Waals surface area contributed by atoms with Crippen molar-refractivity contribution in [2.24, 2.45) is 5.92 Å². The number of urea groups is 1. The summed E-state index contributed by atoms with van der Waals surface area (Å²) in [4.78, 5) is 13.9. The molecule has 0 aromatic heterocycles. The van der Waals surface area contributed by atoms with Gasteiger partial charge in [-0.3, -0.25) is 0 Å². The molecule has 2 amide bonds. The maximum atomic E-state index is 13.0. The molecule has 0 unspecified atom stereocenters. The van der Waals surface area contributed by atoms with Crippen molar-refractivity contribution in [1.82, 2.24) is 4.90 Å². The third kappa shape index (κ3) is 7.72. The molecule has 0 bridgehead atoms. The van der Waals surface area contributed by atoms with Crippen molar-refractivity contribution in [3.8, 4) is 11.8 Å².